The van der Waals surface area contributed by atoms with E-state index in [2.05, 4.69) is 33.1 Å². The topological polar surface area (TPSA) is 30.5 Å². The van der Waals surface area contributed by atoms with Crippen molar-refractivity contribution in [1.82, 2.24) is 5.32 Å². The highest BCUT2D eigenvalue weighted by molar-refractivity contribution is 4.97. The van der Waals surface area contributed by atoms with Gasteiger partial charge in [0.05, 0.1) is 11.2 Å². The molecule has 0 aromatic rings. The van der Waals surface area contributed by atoms with Gasteiger partial charge in [-0.1, -0.05) is 19.8 Å². The summed E-state index contributed by atoms with van der Waals surface area (Å²) in [6, 6.07) is 0.412. The minimum absolute atomic E-state index is 0.0102. The van der Waals surface area contributed by atoms with E-state index in [1.54, 1.807) is 7.11 Å². The molecule has 3 heteroatoms. The maximum Gasteiger partial charge on any atom is 0.0833 e. The molecule has 0 amide bonds. The summed E-state index contributed by atoms with van der Waals surface area (Å²) in [6.07, 6.45) is 7.10. The van der Waals surface area contributed by atoms with Crippen LogP contribution in [0.15, 0.2) is 0 Å². The van der Waals surface area contributed by atoms with E-state index >= 15 is 0 Å². The average molecular weight is 271 g/mol. The van der Waals surface area contributed by atoms with Crippen molar-refractivity contribution in [2.75, 3.05) is 21.3 Å². The van der Waals surface area contributed by atoms with E-state index in [9.17, 15) is 0 Å². The van der Waals surface area contributed by atoms with Crippen molar-refractivity contribution in [3.63, 3.8) is 0 Å². The predicted octanol–water partition coefficient (Wildman–Crippen LogP) is 3.37. The van der Waals surface area contributed by atoms with Crippen molar-refractivity contribution in [3.05, 3.63) is 0 Å². The van der Waals surface area contributed by atoms with E-state index in [4.69, 9.17) is 9.47 Å². The number of hydrogen-bond acceptors (Lipinski definition) is 3. The highest BCUT2D eigenvalue weighted by atomic mass is 16.5. The van der Waals surface area contributed by atoms with Gasteiger partial charge in [0.1, 0.15) is 0 Å². The van der Waals surface area contributed by atoms with Crippen LogP contribution in [0.1, 0.15) is 59.3 Å². The number of rotatable bonds is 7. The molecule has 1 aliphatic rings. The maximum absolute atomic E-state index is 6.00. The Morgan fingerprint density at radius 1 is 1.37 bits per heavy atom. The minimum atomic E-state index is -0.0513. The lowest BCUT2D eigenvalue weighted by Gasteiger charge is -2.45. The monoisotopic (exact) mass is 271 g/mol. The molecule has 1 aliphatic carbocycles. The van der Waals surface area contributed by atoms with E-state index in [0.717, 1.165) is 18.8 Å². The Morgan fingerprint density at radius 2 is 2.05 bits per heavy atom. The Bertz CT molecular complexity index is 267. The highest BCUT2D eigenvalue weighted by Crippen LogP contribution is 2.39. The Balaban J connectivity index is 2.70. The lowest BCUT2D eigenvalue weighted by atomic mass is 9.73. The molecule has 114 valence electrons. The Kier molecular flexibility index (Phi) is 6.28. The van der Waals surface area contributed by atoms with Crippen LogP contribution in [0.4, 0.5) is 0 Å². The van der Waals surface area contributed by atoms with Gasteiger partial charge in [0.15, 0.2) is 0 Å². The van der Waals surface area contributed by atoms with Crippen LogP contribution < -0.4 is 5.32 Å². The van der Waals surface area contributed by atoms with Gasteiger partial charge in [-0.2, -0.15) is 0 Å². The molecular weight excluding hydrogens is 238 g/mol. The third-order valence-electron chi connectivity index (χ3n) is 4.97. The van der Waals surface area contributed by atoms with Gasteiger partial charge >= 0.3 is 0 Å². The van der Waals surface area contributed by atoms with Crippen molar-refractivity contribution in [1.29, 1.82) is 0 Å². The highest BCUT2D eigenvalue weighted by Gasteiger charge is 2.41. The SMILES string of the molecule is CNC(CCC(C)(C)OC)C1(OC)CCCC(C)C1. The number of ether oxygens (including phenoxy) is 2. The first-order valence-electron chi connectivity index (χ1n) is 7.66. The zero-order valence-electron chi connectivity index (χ0n) is 13.7. The van der Waals surface area contributed by atoms with Gasteiger partial charge in [-0.15, -0.1) is 0 Å². The van der Waals surface area contributed by atoms with Gasteiger partial charge in [0, 0.05) is 20.3 Å². The van der Waals surface area contributed by atoms with E-state index < -0.39 is 0 Å². The molecule has 1 N–H and O–H groups in total. The van der Waals surface area contributed by atoms with E-state index in [-0.39, 0.29) is 11.2 Å². The maximum atomic E-state index is 6.00. The standard InChI is InChI=1S/C16H33NO2/c1-13-8-7-10-16(12-13,19-6)14(17-4)9-11-15(2,3)18-5/h13-14,17H,7-12H2,1-6H3. The quantitative estimate of drug-likeness (QED) is 0.770. The molecule has 0 aliphatic heterocycles. The second-order valence-electron chi connectivity index (χ2n) is 6.81. The molecule has 3 nitrogen and oxygen atoms in total. The third kappa shape index (κ3) is 4.44. The molecule has 19 heavy (non-hydrogen) atoms. The number of nitrogens with one attached hydrogen (secondary N) is 1. The fourth-order valence-electron chi connectivity index (χ4n) is 3.45. The van der Waals surface area contributed by atoms with Crippen molar-refractivity contribution in [2.24, 2.45) is 5.92 Å². The predicted molar refractivity (Wildman–Crippen MR) is 80.5 cm³/mol. The first-order chi connectivity index (χ1) is 8.89. The fourth-order valence-corrected chi connectivity index (χ4v) is 3.45. The molecule has 1 fully saturated rings. The molecule has 0 saturated heterocycles. The summed E-state index contributed by atoms with van der Waals surface area (Å²) in [5.41, 5.74) is -0.0411. The summed E-state index contributed by atoms with van der Waals surface area (Å²) in [4.78, 5) is 0. The molecule has 1 rings (SSSR count). The molecule has 1 saturated carbocycles. The number of hydrogen-bond donors (Lipinski definition) is 1. The molecule has 0 aromatic heterocycles. The zero-order chi connectivity index (χ0) is 14.5. The minimum Gasteiger partial charge on any atom is -0.379 e. The second kappa shape index (κ2) is 7.05. The lowest BCUT2D eigenvalue weighted by molar-refractivity contribution is -0.0847. The van der Waals surface area contributed by atoms with Gasteiger partial charge in [-0.25, -0.2) is 0 Å². The zero-order valence-corrected chi connectivity index (χ0v) is 13.7. The molecule has 0 radical (unpaired) electrons. The smallest absolute Gasteiger partial charge is 0.0833 e. The van der Waals surface area contributed by atoms with Gasteiger partial charge < -0.3 is 14.8 Å². The summed E-state index contributed by atoms with van der Waals surface area (Å²) in [7, 11) is 5.73. The molecule has 3 atom stereocenters. The summed E-state index contributed by atoms with van der Waals surface area (Å²) in [5.74, 6) is 0.764. The Morgan fingerprint density at radius 3 is 2.53 bits per heavy atom. The summed E-state index contributed by atoms with van der Waals surface area (Å²) < 4.78 is 11.5. The average Bonchev–Trinajstić information content (AvgIpc) is 2.39. The first kappa shape index (κ1) is 16.9. The third-order valence-corrected chi connectivity index (χ3v) is 4.97. The van der Waals surface area contributed by atoms with Crippen LogP contribution in [0.3, 0.4) is 0 Å². The normalized spacial score (nSPS) is 30.3. The van der Waals surface area contributed by atoms with Crippen LogP contribution in [0.25, 0.3) is 0 Å². The molecule has 0 heterocycles. The van der Waals surface area contributed by atoms with Crippen molar-refractivity contribution in [2.45, 2.75) is 76.5 Å². The van der Waals surface area contributed by atoms with Crippen molar-refractivity contribution < 1.29 is 9.47 Å². The summed E-state index contributed by atoms with van der Waals surface area (Å²) >= 11 is 0. The van der Waals surface area contributed by atoms with Crippen LogP contribution in [-0.4, -0.2) is 38.5 Å². The summed E-state index contributed by atoms with van der Waals surface area (Å²) in [5, 5.41) is 3.50. The molecule has 3 unspecified atom stereocenters. The van der Waals surface area contributed by atoms with Gasteiger partial charge in [0.25, 0.3) is 0 Å². The van der Waals surface area contributed by atoms with Gasteiger partial charge in [-0.05, 0) is 52.5 Å². The second-order valence-corrected chi connectivity index (χ2v) is 6.81. The van der Waals surface area contributed by atoms with Crippen LogP contribution in [0, 0.1) is 5.92 Å². The molecule has 0 spiro atoms. The fraction of sp³-hybridized carbons (Fsp3) is 1.00. The lowest BCUT2D eigenvalue weighted by Crippen LogP contribution is -2.53. The summed E-state index contributed by atoms with van der Waals surface area (Å²) in [6.45, 7) is 6.66. The van der Waals surface area contributed by atoms with Gasteiger partial charge in [0.2, 0.25) is 0 Å². The number of methoxy groups -OCH3 is 2. The van der Waals surface area contributed by atoms with Crippen molar-refractivity contribution in [3.8, 4) is 0 Å². The first-order valence-corrected chi connectivity index (χ1v) is 7.66. The Labute approximate surface area is 119 Å². The number of likely N-dealkylation sites (N-methyl/N-ethyl adjacent to an activating group) is 1. The molecule has 0 aromatic carbocycles. The molecular formula is C16H33NO2. The van der Waals surface area contributed by atoms with E-state index in [1.165, 1.54) is 25.7 Å². The van der Waals surface area contributed by atoms with Crippen LogP contribution >= 0.6 is 0 Å². The van der Waals surface area contributed by atoms with Crippen LogP contribution in [-0.2, 0) is 9.47 Å². The van der Waals surface area contributed by atoms with Gasteiger partial charge in [-0.3, -0.25) is 0 Å². The largest absolute Gasteiger partial charge is 0.379 e. The molecule has 0 bridgehead atoms. The Hall–Kier alpha value is -0.120. The van der Waals surface area contributed by atoms with Crippen molar-refractivity contribution >= 4 is 0 Å². The van der Waals surface area contributed by atoms with E-state index in [1.807, 2.05) is 7.11 Å². The van der Waals surface area contributed by atoms with E-state index in [0.29, 0.717) is 6.04 Å². The van der Waals surface area contributed by atoms with Crippen LogP contribution in [0.2, 0.25) is 0 Å². The van der Waals surface area contributed by atoms with Crippen LogP contribution in [0.5, 0.6) is 0 Å².